The van der Waals surface area contributed by atoms with Gasteiger partial charge in [0.05, 0.1) is 28.4 Å². The lowest BCUT2D eigenvalue weighted by Crippen LogP contribution is -2.29. The van der Waals surface area contributed by atoms with Crippen LogP contribution >= 0.6 is 22.9 Å². The molecule has 6 nitrogen and oxygen atoms in total. The Kier molecular flexibility index (Phi) is 7.19. The summed E-state index contributed by atoms with van der Waals surface area (Å²) in [6.07, 6.45) is 0.863. The summed E-state index contributed by atoms with van der Waals surface area (Å²) in [5.41, 5.74) is 1.29. The van der Waals surface area contributed by atoms with Crippen LogP contribution in [0.15, 0.2) is 72.3 Å². The zero-order chi connectivity index (χ0) is 27.0. The van der Waals surface area contributed by atoms with E-state index in [1.165, 1.54) is 40.5 Å². The Morgan fingerprint density at radius 1 is 1.13 bits per heavy atom. The van der Waals surface area contributed by atoms with E-state index in [4.69, 9.17) is 16.3 Å². The van der Waals surface area contributed by atoms with E-state index in [9.17, 15) is 19.1 Å². The number of ketones is 1. The van der Waals surface area contributed by atoms with Crippen LogP contribution in [0.2, 0.25) is 5.02 Å². The highest BCUT2D eigenvalue weighted by Gasteiger charge is 2.48. The molecule has 0 radical (unpaired) electrons. The predicted octanol–water partition coefficient (Wildman–Crippen LogP) is 7.14. The van der Waals surface area contributed by atoms with Crippen LogP contribution in [0.3, 0.4) is 0 Å². The third-order valence-electron chi connectivity index (χ3n) is 6.25. The molecule has 1 saturated heterocycles. The number of ether oxygens (including phenoxy) is 1. The highest BCUT2D eigenvalue weighted by atomic mass is 35.5. The third-order valence-corrected chi connectivity index (χ3v) is 7.50. The fourth-order valence-corrected chi connectivity index (χ4v) is 5.55. The van der Waals surface area contributed by atoms with Gasteiger partial charge in [0.15, 0.2) is 5.13 Å². The van der Waals surface area contributed by atoms with Gasteiger partial charge in [-0.15, -0.1) is 0 Å². The fraction of sp³-hybridized carbons (Fsp3) is 0.207. The van der Waals surface area contributed by atoms with Gasteiger partial charge in [-0.2, -0.15) is 0 Å². The van der Waals surface area contributed by atoms with Crippen molar-refractivity contribution in [1.29, 1.82) is 0 Å². The highest BCUT2D eigenvalue weighted by Crippen LogP contribution is 2.45. The molecule has 1 N–H and O–H groups in total. The zero-order valence-electron chi connectivity index (χ0n) is 20.7. The Morgan fingerprint density at radius 3 is 2.63 bits per heavy atom. The number of hydrogen-bond acceptors (Lipinski definition) is 6. The summed E-state index contributed by atoms with van der Waals surface area (Å²) in [5, 5.41) is 12.0. The molecule has 1 amide bonds. The van der Waals surface area contributed by atoms with E-state index in [0.29, 0.717) is 39.5 Å². The molecule has 5 rings (SSSR count). The highest BCUT2D eigenvalue weighted by molar-refractivity contribution is 7.22. The number of hydrogen-bond donors (Lipinski definition) is 1. The quantitative estimate of drug-likeness (QED) is 0.150. The number of fused-ring (bicyclic) bond motifs is 1. The van der Waals surface area contributed by atoms with Crippen LogP contribution in [-0.2, 0) is 9.59 Å². The van der Waals surface area contributed by atoms with E-state index in [1.807, 2.05) is 0 Å². The zero-order valence-corrected chi connectivity index (χ0v) is 22.2. The number of rotatable bonds is 7. The molecule has 1 unspecified atom stereocenters. The van der Waals surface area contributed by atoms with Crippen molar-refractivity contribution in [2.75, 3.05) is 11.5 Å². The molecule has 0 aliphatic carbocycles. The Balaban J connectivity index is 1.65. The first kappa shape index (κ1) is 25.9. The molecule has 4 aromatic rings. The Hall–Kier alpha value is -3.75. The van der Waals surface area contributed by atoms with Crippen LogP contribution < -0.4 is 9.64 Å². The maximum Gasteiger partial charge on any atom is 0.301 e. The topological polar surface area (TPSA) is 79.7 Å². The number of aromatic nitrogens is 1. The molecule has 2 heterocycles. The summed E-state index contributed by atoms with van der Waals surface area (Å²) in [7, 11) is 0. The van der Waals surface area contributed by atoms with Gasteiger partial charge in [0.1, 0.15) is 17.3 Å². The average molecular weight is 551 g/mol. The van der Waals surface area contributed by atoms with Gasteiger partial charge in [-0.25, -0.2) is 9.37 Å². The first-order valence-corrected chi connectivity index (χ1v) is 13.3. The molecule has 0 bridgehead atoms. The summed E-state index contributed by atoms with van der Waals surface area (Å²) < 4.78 is 20.2. The van der Waals surface area contributed by atoms with E-state index in [2.05, 4.69) is 18.8 Å². The van der Waals surface area contributed by atoms with Gasteiger partial charge >= 0.3 is 5.91 Å². The first-order chi connectivity index (χ1) is 18.2. The number of benzene rings is 3. The third kappa shape index (κ3) is 5.01. The Labute approximate surface area is 228 Å². The van der Waals surface area contributed by atoms with E-state index in [-0.39, 0.29) is 11.1 Å². The second-order valence-electron chi connectivity index (χ2n) is 9.39. The largest absolute Gasteiger partial charge is 0.507 e. The van der Waals surface area contributed by atoms with Crippen LogP contribution in [0.4, 0.5) is 9.52 Å². The summed E-state index contributed by atoms with van der Waals surface area (Å²) >= 11 is 7.37. The van der Waals surface area contributed by atoms with Crippen LogP contribution in [0.1, 0.15) is 37.4 Å². The molecule has 9 heteroatoms. The molecule has 1 atom stereocenters. The second-order valence-corrected chi connectivity index (χ2v) is 10.8. The number of carbonyl (C=O) groups excluding carboxylic acids is 2. The number of halogens is 2. The monoisotopic (exact) mass is 550 g/mol. The van der Waals surface area contributed by atoms with Crippen LogP contribution in [-0.4, -0.2) is 28.4 Å². The molecule has 1 aliphatic rings. The van der Waals surface area contributed by atoms with Crippen molar-refractivity contribution in [2.24, 2.45) is 5.92 Å². The van der Waals surface area contributed by atoms with Crippen molar-refractivity contribution in [2.45, 2.75) is 26.3 Å². The Bertz CT molecular complexity index is 1560. The molecule has 1 fully saturated rings. The van der Waals surface area contributed by atoms with Crippen LogP contribution in [0.5, 0.6) is 5.75 Å². The van der Waals surface area contributed by atoms with Gasteiger partial charge in [-0.1, -0.05) is 48.9 Å². The fourth-order valence-electron chi connectivity index (χ4n) is 4.28. The summed E-state index contributed by atoms with van der Waals surface area (Å²) in [6, 6.07) is 16.4. The number of thiazole rings is 1. The smallest absolute Gasteiger partial charge is 0.301 e. The maximum absolute atomic E-state index is 13.6. The summed E-state index contributed by atoms with van der Waals surface area (Å²) in [4.78, 5) is 32.7. The van der Waals surface area contributed by atoms with Crippen molar-refractivity contribution in [3.8, 4) is 5.75 Å². The van der Waals surface area contributed by atoms with E-state index in [1.54, 1.807) is 42.5 Å². The minimum absolute atomic E-state index is 0.113. The number of carbonyl (C=O) groups is 2. The summed E-state index contributed by atoms with van der Waals surface area (Å²) in [5.74, 6) is -1.53. The molecular formula is C29H24ClFN2O4S. The lowest BCUT2D eigenvalue weighted by Gasteiger charge is -2.23. The number of aliphatic hydroxyl groups is 1. The van der Waals surface area contributed by atoms with Gasteiger partial charge < -0.3 is 9.84 Å². The molecular weight excluding hydrogens is 527 g/mol. The van der Waals surface area contributed by atoms with Crippen molar-refractivity contribution in [3.05, 3.63) is 94.3 Å². The van der Waals surface area contributed by atoms with Crippen LogP contribution in [0, 0.1) is 11.7 Å². The van der Waals surface area contributed by atoms with Gasteiger partial charge in [0.2, 0.25) is 0 Å². The lowest BCUT2D eigenvalue weighted by molar-refractivity contribution is -0.132. The van der Waals surface area contributed by atoms with Crippen molar-refractivity contribution >= 4 is 55.7 Å². The number of anilines is 1. The minimum Gasteiger partial charge on any atom is -0.507 e. The van der Waals surface area contributed by atoms with E-state index in [0.717, 1.165) is 11.1 Å². The molecule has 0 saturated carbocycles. The maximum atomic E-state index is 13.6. The van der Waals surface area contributed by atoms with Crippen molar-refractivity contribution in [3.63, 3.8) is 0 Å². The molecule has 38 heavy (non-hydrogen) atoms. The normalized spacial score (nSPS) is 17.1. The van der Waals surface area contributed by atoms with Crippen molar-refractivity contribution in [1.82, 2.24) is 4.98 Å². The number of amides is 1. The molecule has 1 aromatic heterocycles. The van der Waals surface area contributed by atoms with E-state index >= 15 is 0 Å². The van der Waals surface area contributed by atoms with E-state index < -0.39 is 29.3 Å². The lowest BCUT2D eigenvalue weighted by atomic mass is 9.95. The van der Waals surface area contributed by atoms with Gasteiger partial charge in [0.25, 0.3) is 5.78 Å². The molecule has 1 aliphatic heterocycles. The van der Waals surface area contributed by atoms with Crippen LogP contribution in [0.25, 0.3) is 16.0 Å². The predicted molar refractivity (Wildman–Crippen MR) is 147 cm³/mol. The molecule has 3 aromatic carbocycles. The van der Waals surface area contributed by atoms with Gasteiger partial charge in [-0.05, 0) is 72.5 Å². The molecule has 194 valence electrons. The number of nitrogens with zero attached hydrogens (tertiary/aromatic N) is 2. The van der Waals surface area contributed by atoms with Gasteiger partial charge in [-0.3, -0.25) is 14.5 Å². The number of aliphatic hydroxyl groups excluding tert-OH is 1. The van der Waals surface area contributed by atoms with Crippen molar-refractivity contribution < 1.29 is 23.8 Å². The standard InChI is InChI=1S/C29H24ClFN2O4S/c1-16(2)12-13-37-21-5-3-4-18(14-21)25-24(26(34)17-6-9-20(31)10-7-17)27(35)28(36)33(25)29-32-22-11-8-19(30)15-23(22)38-29/h3-11,14-16,25,34H,12-13H2,1-2H3. The SMILES string of the molecule is CC(C)CCOc1cccc(C2C(=C(O)c3ccc(F)cc3)C(=O)C(=O)N2c2nc3ccc(Cl)cc3s2)c1. The minimum atomic E-state index is -0.982. The molecule has 0 spiro atoms. The van der Waals surface area contributed by atoms with Gasteiger partial charge in [0, 0.05) is 10.6 Å². The first-order valence-electron chi connectivity index (χ1n) is 12.1. The second kappa shape index (κ2) is 10.6. The average Bonchev–Trinajstić information content (AvgIpc) is 3.41. The summed E-state index contributed by atoms with van der Waals surface area (Å²) in [6.45, 7) is 4.72. The Morgan fingerprint density at radius 2 is 1.89 bits per heavy atom. The number of Topliss-reactive ketones (excluding diaryl/α,β-unsaturated/α-hetero) is 1.